The van der Waals surface area contributed by atoms with E-state index in [0.717, 1.165) is 11.8 Å². The summed E-state index contributed by atoms with van der Waals surface area (Å²) in [6.45, 7) is 6.85. The predicted octanol–water partition coefficient (Wildman–Crippen LogP) is 2.69. The number of rotatable bonds is 4. The molecule has 2 rings (SSSR count). The monoisotopic (exact) mass is 337 g/mol. The molecular formula is C18H24FNO4. The number of nitrogens with one attached hydrogen (secondary N) is 1. The number of amides is 1. The van der Waals surface area contributed by atoms with Gasteiger partial charge in [0, 0.05) is 5.92 Å². The van der Waals surface area contributed by atoms with Crippen molar-refractivity contribution in [3.63, 3.8) is 0 Å². The van der Waals surface area contributed by atoms with Crippen molar-refractivity contribution in [1.82, 2.24) is 5.32 Å². The van der Waals surface area contributed by atoms with Crippen LogP contribution < -0.4 is 5.32 Å². The fourth-order valence-corrected chi connectivity index (χ4v) is 2.87. The molecule has 0 radical (unpaired) electrons. The SMILES string of the molecule is C[C@H](NC(=O)OC(C)(C)C)C(O)c1cc(F)c2c(c1)CC(C=O)C2. The zero-order valence-electron chi connectivity index (χ0n) is 14.4. The lowest BCUT2D eigenvalue weighted by Crippen LogP contribution is -2.40. The third kappa shape index (κ3) is 4.32. The van der Waals surface area contributed by atoms with E-state index in [0.29, 0.717) is 24.0 Å². The van der Waals surface area contributed by atoms with E-state index >= 15 is 0 Å². The zero-order chi connectivity index (χ0) is 18.1. The van der Waals surface area contributed by atoms with Gasteiger partial charge in [-0.15, -0.1) is 0 Å². The lowest BCUT2D eigenvalue weighted by atomic mass is 9.98. The Labute approximate surface area is 141 Å². The number of hydrogen-bond acceptors (Lipinski definition) is 4. The van der Waals surface area contributed by atoms with Gasteiger partial charge in [-0.25, -0.2) is 9.18 Å². The Bertz CT molecular complexity index is 639. The van der Waals surface area contributed by atoms with E-state index in [1.165, 1.54) is 6.07 Å². The van der Waals surface area contributed by atoms with Crippen LogP contribution in [0, 0.1) is 11.7 Å². The summed E-state index contributed by atoms with van der Waals surface area (Å²) < 4.78 is 19.4. The van der Waals surface area contributed by atoms with Gasteiger partial charge < -0.3 is 20.0 Å². The maximum absolute atomic E-state index is 14.2. The summed E-state index contributed by atoms with van der Waals surface area (Å²) in [6.07, 6.45) is -0.0107. The van der Waals surface area contributed by atoms with E-state index in [1.807, 2.05) is 0 Å². The van der Waals surface area contributed by atoms with Crippen molar-refractivity contribution < 1.29 is 23.8 Å². The first-order valence-corrected chi connectivity index (χ1v) is 8.04. The first-order chi connectivity index (χ1) is 11.1. The lowest BCUT2D eigenvalue weighted by molar-refractivity contribution is -0.110. The van der Waals surface area contributed by atoms with Crippen molar-refractivity contribution in [3.8, 4) is 0 Å². The number of aldehydes is 1. The molecule has 5 nitrogen and oxygen atoms in total. The quantitative estimate of drug-likeness (QED) is 0.828. The highest BCUT2D eigenvalue weighted by atomic mass is 19.1. The van der Waals surface area contributed by atoms with E-state index in [-0.39, 0.29) is 5.92 Å². The van der Waals surface area contributed by atoms with Gasteiger partial charge in [-0.3, -0.25) is 0 Å². The van der Waals surface area contributed by atoms with Gasteiger partial charge in [0.2, 0.25) is 0 Å². The van der Waals surface area contributed by atoms with Crippen LogP contribution in [-0.4, -0.2) is 29.1 Å². The van der Waals surface area contributed by atoms with Crippen LogP contribution in [0.15, 0.2) is 12.1 Å². The molecular weight excluding hydrogens is 313 g/mol. The minimum absolute atomic E-state index is 0.209. The molecule has 2 N–H and O–H groups in total. The molecule has 24 heavy (non-hydrogen) atoms. The lowest BCUT2D eigenvalue weighted by Gasteiger charge is -2.24. The number of hydrogen-bond donors (Lipinski definition) is 2. The third-order valence-electron chi connectivity index (χ3n) is 4.01. The molecule has 1 aliphatic rings. The number of carbonyl (C=O) groups is 2. The standard InChI is InChI=1S/C18H24FNO4/c1-10(20-17(23)24-18(2,3)4)16(22)13-7-12-5-11(9-21)6-14(12)15(19)8-13/h7-11,16,22H,5-6H2,1-4H3,(H,20,23)/t10-,11?,16?/m0/s1. The highest BCUT2D eigenvalue weighted by molar-refractivity contribution is 5.68. The Morgan fingerprint density at radius 3 is 2.67 bits per heavy atom. The molecule has 0 aromatic heterocycles. The van der Waals surface area contributed by atoms with Crippen LogP contribution >= 0.6 is 0 Å². The maximum atomic E-state index is 14.2. The molecule has 0 bridgehead atoms. The van der Waals surface area contributed by atoms with Gasteiger partial charge in [0.05, 0.1) is 12.1 Å². The molecule has 1 amide bonds. The Balaban J connectivity index is 2.10. The smallest absolute Gasteiger partial charge is 0.407 e. The first-order valence-electron chi connectivity index (χ1n) is 8.04. The van der Waals surface area contributed by atoms with Crippen LogP contribution in [0.25, 0.3) is 0 Å². The highest BCUT2D eigenvalue weighted by Crippen LogP contribution is 2.31. The summed E-state index contributed by atoms with van der Waals surface area (Å²) in [5.74, 6) is -0.630. The Kier molecular flexibility index (Phi) is 5.28. The number of alkyl carbamates (subject to hydrolysis) is 1. The Hall–Kier alpha value is -1.95. The van der Waals surface area contributed by atoms with Gasteiger partial charge >= 0.3 is 6.09 Å². The fraction of sp³-hybridized carbons (Fsp3) is 0.556. The van der Waals surface area contributed by atoms with Crippen LogP contribution in [-0.2, 0) is 22.4 Å². The molecule has 1 aliphatic carbocycles. The summed E-state index contributed by atoms with van der Waals surface area (Å²) >= 11 is 0. The van der Waals surface area contributed by atoms with Gasteiger partial charge in [0.25, 0.3) is 0 Å². The van der Waals surface area contributed by atoms with Crippen LogP contribution in [0.5, 0.6) is 0 Å². The number of halogens is 1. The van der Waals surface area contributed by atoms with E-state index in [4.69, 9.17) is 4.74 Å². The van der Waals surface area contributed by atoms with Crippen molar-refractivity contribution in [2.24, 2.45) is 5.92 Å². The van der Waals surface area contributed by atoms with Crippen LogP contribution in [0.2, 0.25) is 0 Å². The second-order valence-corrected chi connectivity index (χ2v) is 7.32. The summed E-state index contributed by atoms with van der Waals surface area (Å²) in [5.41, 5.74) is 1.01. The molecule has 1 aromatic carbocycles. The molecule has 0 heterocycles. The number of benzene rings is 1. The van der Waals surface area contributed by atoms with Crippen LogP contribution in [0.3, 0.4) is 0 Å². The number of carbonyl (C=O) groups excluding carboxylic acids is 2. The van der Waals surface area contributed by atoms with Crippen molar-refractivity contribution in [3.05, 3.63) is 34.6 Å². The molecule has 0 saturated carbocycles. The van der Waals surface area contributed by atoms with Gasteiger partial charge in [0.1, 0.15) is 17.7 Å². The topological polar surface area (TPSA) is 75.6 Å². The normalized spacial score (nSPS) is 19.3. The van der Waals surface area contributed by atoms with E-state index < -0.39 is 29.7 Å². The molecule has 0 aliphatic heterocycles. The maximum Gasteiger partial charge on any atom is 0.407 e. The molecule has 1 aromatic rings. The van der Waals surface area contributed by atoms with Gasteiger partial charge in [0.15, 0.2) is 0 Å². The minimum atomic E-state index is -1.08. The summed E-state index contributed by atoms with van der Waals surface area (Å²) in [6, 6.07) is 2.32. The fourth-order valence-electron chi connectivity index (χ4n) is 2.87. The number of aliphatic hydroxyl groups is 1. The zero-order valence-corrected chi connectivity index (χ0v) is 14.4. The molecule has 0 saturated heterocycles. The summed E-state index contributed by atoms with van der Waals surface area (Å²) in [4.78, 5) is 22.7. The molecule has 6 heteroatoms. The molecule has 132 valence electrons. The van der Waals surface area contributed by atoms with Crippen LogP contribution in [0.4, 0.5) is 9.18 Å². The van der Waals surface area contributed by atoms with E-state index in [2.05, 4.69) is 5.32 Å². The minimum Gasteiger partial charge on any atom is -0.444 e. The Morgan fingerprint density at radius 2 is 2.08 bits per heavy atom. The molecule has 0 spiro atoms. The van der Waals surface area contributed by atoms with Gasteiger partial charge in [-0.2, -0.15) is 0 Å². The van der Waals surface area contributed by atoms with Crippen LogP contribution in [0.1, 0.15) is 50.5 Å². The highest BCUT2D eigenvalue weighted by Gasteiger charge is 2.28. The number of aliphatic hydroxyl groups excluding tert-OH is 1. The second-order valence-electron chi connectivity index (χ2n) is 7.32. The second kappa shape index (κ2) is 6.89. The van der Waals surface area contributed by atoms with Crippen molar-refractivity contribution in [1.29, 1.82) is 0 Å². The average molecular weight is 337 g/mol. The average Bonchev–Trinajstić information content (AvgIpc) is 2.87. The summed E-state index contributed by atoms with van der Waals surface area (Å²) in [7, 11) is 0. The number of ether oxygens (including phenoxy) is 1. The third-order valence-corrected chi connectivity index (χ3v) is 4.01. The first kappa shape index (κ1) is 18.4. The molecule has 2 unspecified atom stereocenters. The summed E-state index contributed by atoms with van der Waals surface area (Å²) in [5, 5.41) is 13.0. The molecule has 0 fully saturated rings. The largest absolute Gasteiger partial charge is 0.444 e. The van der Waals surface area contributed by atoms with Crippen molar-refractivity contribution >= 4 is 12.4 Å². The number of fused-ring (bicyclic) bond motifs is 1. The van der Waals surface area contributed by atoms with E-state index in [9.17, 15) is 19.1 Å². The van der Waals surface area contributed by atoms with E-state index in [1.54, 1.807) is 33.8 Å². The van der Waals surface area contributed by atoms with Crippen molar-refractivity contribution in [2.75, 3.05) is 0 Å². The predicted molar refractivity (Wildman–Crippen MR) is 87.2 cm³/mol. The van der Waals surface area contributed by atoms with Crippen molar-refractivity contribution in [2.45, 2.75) is 58.3 Å². The van der Waals surface area contributed by atoms with Gasteiger partial charge in [-0.1, -0.05) is 6.07 Å². The Morgan fingerprint density at radius 1 is 1.42 bits per heavy atom. The van der Waals surface area contributed by atoms with Gasteiger partial charge in [-0.05, 0) is 63.3 Å². The molecule has 3 atom stereocenters.